The highest BCUT2D eigenvalue weighted by molar-refractivity contribution is 7.07. The summed E-state index contributed by atoms with van der Waals surface area (Å²) in [6.07, 6.45) is 1.82. The van der Waals surface area contributed by atoms with E-state index < -0.39 is 12.0 Å². The highest BCUT2D eigenvalue weighted by atomic mass is 35.5. The lowest BCUT2D eigenvalue weighted by atomic mass is 9.96. The van der Waals surface area contributed by atoms with Crippen molar-refractivity contribution in [1.82, 2.24) is 4.57 Å². The quantitative estimate of drug-likeness (QED) is 0.341. The van der Waals surface area contributed by atoms with E-state index in [4.69, 9.17) is 21.1 Å². The molecule has 0 amide bonds. The van der Waals surface area contributed by atoms with E-state index in [-0.39, 0.29) is 5.56 Å². The molecule has 0 N–H and O–H groups in total. The largest absolute Gasteiger partial charge is 0.489 e. The molecule has 0 aliphatic carbocycles. The fraction of sp³-hybridized carbons (Fsp3) is 0.138. The number of nitrogens with zero attached hydrogens (tertiary/aromatic N) is 2. The number of carbonyl (C=O) groups excluding carboxylic acids is 1. The number of benzene rings is 3. The molecule has 4 aromatic rings. The molecular weight excluding hydrogens is 508 g/mol. The van der Waals surface area contributed by atoms with Crippen LogP contribution in [0, 0.1) is 0 Å². The minimum Gasteiger partial charge on any atom is -0.489 e. The molecule has 3 aromatic carbocycles. The number of hydrogen-bond donors (Lipinski definition) is 0. The first-order valence-electron chi connectivity index (χ1n) is 11.6. The van der Waals surface area contributed by atoms with Gasteiger partial charge in [-0.15, -0.1) is 0 Å². The van der Waals surface area contributed by atoms with Crippen molar-refractivity contribution < 1.29 is 14.3 Å². The monoisotopic (exact) mass is 530 g/mol. The Morgan fingerprint density at radius 1 is 1.05 bits per heavy atom. The first-order chi connectivity index (χ1) is 17.9. The number of allylic oxidation sites excluding steroid dienone is 1. The van der Waals surface area contributed by atoms with E-state index in [0.29, 0.717) is 32.2 Å². The molecular formula is C29H23ClN2O4S. The molecule has 1 aliphatic heterocycles. The van der Waals surface area contributed by atoms with Crippen LogP contribution in [0.15, 0.2) is 99.9 Å². The second-order valence-electron chi connectivity index (χ2n) is 8.47. The van der Waals surface area contributed by atoms with Crippen LogP contribution < -0.4 is 19.6 Å². The Kier molecular flexibility index (Phi) is 7.08. The van der Waals surface area contributed by atoms with Gasteiger partial charge in [-0.2, -0.15) is 0 Å². The molecule has 0 unspecified atom stereocenters. The van der Waals surface area contributed by atoms with Crippen molar-refractivity contribution >= 4 is 35.0 Å². The number of methoxy groups -OCH3 is 1. The van der Waals surface area contributed by atoms with E-state index >= 15 is 0 Å². The lowest BCUT2D eigenvalue weighted by Gasteiger charge is -2.24. The number of thiazole rings is 1. The van der Waals surface area contributed by atoms with Crippen molar-refractivity contribution in [2.24, 2.45) is 4.99 Å². The van der Waals surface area contributed by atoms with E-state index in [9.17, 15) is 9.59 Å². The van der Waals surface area contributed by atoms with E-state index in [1.165, 1.54) is 18.4 Å². The molecule has 0 fully saturated rings. The number of ether oxygens (including phenoxy) is 2. The first-order valence-corrected chi connectivity index (χ1v) is 12.8. The van der Waals surface area contributed by atoms with Crippen LogP contribution >= 0.6 is 22.9 Å². The summed E-state index contributed by atoms with van der Waals surface area (Å²) in [6.45, 7) is 2.23. The Labute approximate surface area is 222 Å². The predicted octanol–water partition coefficient (Wildman–Crippen LogP) is 4.64. The Balaban J connectivity index is 1.51. The van der Waals surface area contributed by atoms with Crippen LogP contribution in [0.3, 0.4) is 0 Å². The number of aromatic nitrogens is 1. The second-order valence-corrected chi connectivity index (χ2v) is 9.91. The van der Waals surface area contributed by atoms with Crippen molar-refractivity contribution in [1.29, 1.82) is 0 Å². The molecule has 0 bridgehead atoms. The normalized spacial score (nSPS) is 15.2. The minimum atomic E-state index is -0.670. The Morgan fingerprint density at radius 3 is 2.43 bits per heavy atom. The highest BCUT2D eigenvalue weighted by Gasteiger charge is 2.33. The van der Waals surface area contributed by atoms with Gasteiger partial charge >= 0.3 is 5.97 Å². The van der Waals surface area contributed by atoms with Gasteiger partial charge in [0.1, 0.15) is 12.4 Å². The number of halogens is 1. The maximum absolute atomic E-state index is 13.6. The summed E-state index contributed by atoms with van der Waals surface area (Å²) in [5.41, 5.74) is 3.28. The second kappa shape index (κ2) is 10.6. The van der Waals surface area contributed by atoms with Crippen LogP contribution in [0.4, 0.5) is 0 Å². The highest BCUT2D eigenvalue weighted by Crippen LogP contribution is 2.31. The Hall–Kier alpha value is -3.94. The summed E-state index contributed by atoms with van der Waals surface area (Å²) in [7, 11) is 1.32. The summed E-state index contributed by atoms with van der Waals surface area (Å²) >= 11 is 7.37. The van der Waals surface area contributed by atoms with E-state index in [0.717, 1.165) is 22.4 Å². The van der Waals surface area contributed by atoms with Crippen molar-refractivity contribution in [3.8, 4) is 5.75 Å². The lowest BCUT2D eigenvalue weighted by Crippen LogP contribution is -2.39. The molecule has 0 spiro atoms. The molecule has 0 saturated carbocycles. The van der Waals surface area contributed by atoms with Gasteiger partial charge in [-0.3, -0.25) is 9.36 Å². The Morgan fingerprint density at radius 2 is 1.76 bits per heavy atom. The van der Waals surface area contributed by atoms with Gasteiger partial charge in [-0.25, -0.2) is 9.79 Å². The van der Waals surface area contributed by atoms with Crippen molar-refractivity contribution in [2.75, 3.05) is 7.11 Å². The number of rotatable bonds is 6. The molecule has 5 rings (SSSR count). The Bertz CT molecular complexity index is 1650. The molecule has 8 heteroatoms. The maximum Gasteiger partial charge on any atom is 0.338 e. The molecule has 0 radical (unpaired) electrons. The predicted molar refractivity (Wildman–Crippen MR) is 144 cm³/mol. The summed E-state index contributed by atoms with van der Waals surface area (Å²) in [5.74, 6) is 0.213. The summed E-state index contributed by atoms with van der Waals surface area (Å²) in [4.78, 5) is 31.4. The van der Waals surface area contributed by atoms with Crippen LogP contribution in [0.25, 0.3) is 6.08 Å². The van der Waals surface area contributed by atoms with Crippen LogP contribution in [0.5, 0.6) is 5.75 Å². The molecule has 2 heterocycles. The minimum absolute atomic E-state index is 0.234. The molecule has 37 heavy (non-hydrogen) atoms. The zero-order valence-electron chi connectivity index (χ0n) is 20.2. The van der Waals surface area contributed by atoms with Gasteiger partial charge in [0.25, 0.3) is 5.56 Å². The van der Waals surface area contributed by atoms with Gasteiger partial charge in [0, 0.05) is 5.02 Å². The van der Waals surface area contributed by atoms with Crippen LogP contribution in [-0.2, 0) is 16.1 Å². The van der Waals surface area contributed by atoms with Gasteiger partial charge in [0.05, 0.1) is 29.0 Å². The number of hydrogen-bond acceptors (Lipinski definition) is 6. The topological polar surface area (TPSA) is 69.9 Å². The standard InChI is InChI=1S/C29H23ClN2O4S/c1-18-25(28(34)35-2)26(21-10-12-22(30)13-11-21)32-27(33)24(37-29(32)31-18)16-19-8-14-23(15-9-19)36-17-20-6-4-3-5-7-20/h3-16,26H,17H2,1-2H3/b24-16-/t26-/m1/s1. The molecule has 1 aliphatic rings. The van der Waals surface area contributed by atoms with E-state index in [1.54, 1.807) is 35.8 Å². The average Bonchev–Trinajstić information content (AvgIpc) is 3.22. The molecule has 6 nitrogen and oxygen atoms in total. The third-order valence-corrected chi connectivity index (χ3v) is 7.27. The number of esters is 1. The van der Waals surface area contributed by atoms with E-state index in [1.807, 2.05) is 60.7 Å². The first kappa shape index (κ1) is 24.7. The zero-order valence-corrected chi connectivity index (χ0v) is 21.8. The average molecular weight is 531 g/mol. The third-order valence-electron chi connectivity index (χ3n) is 6.04. The summed E-state index contributed by atoms with van der Waals surface area (Å²) in [6, 6.07) is 23.9. The van der Waals surface area contributed by atoms with Crippen molar-refractivity contribution in [2.45, 2.75) is 19.6 Å². The smallest absolute Gasteiger partial charge is 0.338 e. The zero-order chi connectivity index (χ0) is 25.9. The SMILES string of the molecule is COC(=O)C1=C(C)N=c2s/c(=C\c3ccc(OCc4ccccc4)cc3)c(=O)n2[C@@H]1c1ccc(Cl)cc1. The van der Waals surface area contributed by atoms with Gasteiger partial charge in [0.2, 0.25) is 0 Å². The van der Waals surface area contributed by atoms with Crippen LogP contribution in [0.2, 0.25) is 5.02 Å². The van der Waals surface area contributed by atoms with Gasteiger partial charge in [-0.1, -0.05) is 77.5 Å². The fourth-order valence-electron chi connectivity index (χ4n) is 4.21. The van der Waals surface area contributed by atoms with Crippen molar-refractivity contribution in [3.63, 3.8) is 0 Å². The third kappa shape index (κ3) is 5.14. The summed E-state index contributed by atoms with van der Waals surface area (Å²) < 4.78 is 13.0. The summed E-state index contributed by atoms with van der Waals surface area (Å²) in [5, 5.41) is 0.563. The van der Waals surface area contributed by atoms with Gasteiger partial charge < -0.3 is 9.47 Å². The maximum atomic E-state index is 13.6. The number of fused-ring (bicyclic) bond motifs is 1. The van der Waals surface area contributed by atoms with Crippen molar-refractivity contribution in [3.05, 3.63) is 132 Å². The van der Waals surface area contributed by atoms with E-state index in [2.05, 4.69) is 4.99 Å². The van der Waals surface area contributed by atoms with Crippen LogP contribution in [-0.4, -0.2) is 17.6 Å². The lowest BCUT2D eigenvalue weighted by molar-refractivity contribution is -0.136. The fourth-order valence-corrected chi connectivity index (χ4v) is 5.38. The van der Waals surface area contributed by atoms with Gasteiger partial charge in [-0.05, 0) is 54.0 Å². The molecule has 1 aromatic heterocycles. The van der Waals surface area contributed by atoms with Gasteiger partial charge in [0.15, 0.2) is 4.80 Å². The van der Waals surface area contributed by atoms with Crippen LogP contribution in [0.1, 0.15) is 29.7 Å². The molecule has 0 saturated heterocycles. The molecule has 186 valence electrons. The molecule has 1 atom stereocenters. The number of carbonyl (C=O) groups is 1.